The van der Waals surface area contributed by atoms with Crippen LogP contribution in [0.5, 0.6) is 0 Å². The second kappa shape index (κ2) is 7.48. The van der Waals surface area contributed by atoms with E-state index >= 15 is 0 Å². The Morgan fingerprint density at radius 1 is 1.21 bits per heavy atom. The van der Waals surface area contributed by atoms with Crippen molar-refractivity contribution >= 4 is 51.1 Å². The average Bonchev–Trinajstić information content (AvgIpc) is 3.08. The third-order valence-corrected chi connectivity index (χ3v) is 4.86. The zero-order valence-corrected chi connectivity index (χ0v) is 16.3. The Kier molecular flexibility index (Phi) is 4.88. The molecule has 28 heavy (non-hydrogen) atoms. The fourth-order valence-corrected chi connectivity index (χ4v) is 3.34. The van der Waals surface area contributed by atoms with Crippen LogP contribution in [0, 0.1) is 6.92 Å². The van der Waals surface area contributed by atoms with E-state index in [-0.39, 0.29) is 12.5 Å². The number of para-hydroxylation sites is 1. The lowest BCUT2D eigenvalue weighted by atomic mass is 10.2. The second-order valence-electron chi connectivity index (χ2n) is 6.49. The second-order valence-corrected chi connectivity index (χ2v) is 6.93. The summed E-state index contributed by atoms with van der Waals surface area (Å²) in [7, 11) is 0. The number of likely N-dealkylation sites (N-methyl/N-ethyl adjacent to an activating group) is 1. The number of aryl methyl sites for hydroxylation is 1. The van der Waals surface area contributed by atoms with Gasteiger partial charge in [0, 0.05) is 22.6 Å². The maximum atomic E-state index is 12.7. The Balaban J connectivity index is 1.64. The summed E-state index contributed by atoms with van der Waals surface area (Å²) < 4.78 is 5.99. The van der Waals surface area contributed by atoms with Gasteiger partial charge in [0.1, 0.15) is 17.4 Å². The van der Waals surface area contributed by atoms with Crippen molar-refractivity contribution in [2.45, 2.75) is 13.8 Å². The SMILES string of the molecule is CCN(CC(=O)Nc1cc(Cl)ccc1C)c1ncnc2c1oc1ccccc12. The summed E-state index contributed by atoms with van der Waals surface area (Å²) >= 11 is 6.04. The highest BCUT2D eigenvalue weighted by atomic mass is 35.5. The molecule has 0 bridgehead atoms. The molecule has 0 fully saturated rings. The van der Waals surface area contributed by atoms with Gasteiger partial charge in [0.05, 0.1) is 6.54 Å². The molecule has 0 saturated heterocycles. The molecule has 0 radical (unpaired) electrons. The smallest absolute Gasteiger partial charge is 0.243 e. The Morgan fingerprint density at radius 3 is 2.86 bits per heavy atom. The van der Waals surface area contributed by atoms with E-state index in [1.165, 1.54) is 6.33 Å². The quantitative estimate of drug-likeness (QED) is 0.526. The van der Waals surface area contributed by atoms with Gasteiger partial charge in [-0.05, 0) is 43.7 Å². The van der Waals surface area contributed by atoms with Gasteiger partial charge in [0.25, 0.3) is 0 Å². The predicted octanol–water partition coefficient (Wildman–Crippen LogP) is 4.80. The van der Waals surface area contributed by atoms with Crippen LogP contribution in [-0.2, 0) is 4.79 Å². The topological polar surface area (TPSA) is 71.3 Å². The summed E-state index contributed by atoms with van der Waals surface area (Å²) in [6.45, 7) is 4.61. The number of anilines is 2. The number of rotatable bonds is 5. The molecule has 0 saturated carbocycles. The summed E-state index contributed by atoms with van der Waals surface area (Å²) in [4.78, 5) is 23.3. The maximum Gasteiger partial charge on any atom is 0.243 e. The molecule has 0 aliphatic rings. The number of nitrogens with one attached hydrogen (secondary N) is 1. The molecule has 142 valence electrons. The molecule has 2 heterocycles. The zero-order valence-electron chi connectivity index (χ0n) is 15.6. The molecular weight excluding hydrogens is 376 g/mol. The van der Waals surface area contributed by atoms with Crippen LogP contribution in [0.2, 0.25) is 5.02 Å². The van der Waals surface area contributed by atoms with Crippen LogP contribution in [-0.4, -0.2) is 29.0 Å². The van der Waals surface area contributed by atoms with E-state index < -0.39 is 0 Å². The summed E-state index contributed by atoms with van der Waals surface area (Å²) in [6.07, 6.45) is 1.50. The molecule has 0 aliphatic heterocycles. The van der Waals surface area contributed by atoms with Gasteiger partial charge in [0.2, 0.25) is 5.91 Å². The largest absolute Gasteiger partial charge is 0.450 e. The number of aromatic nitrogens is 2. The molecule has 2 aromatic carbocycles. The highest BCUT2D eigenvalue weighted by Gasteiger charge is 2.19. The average molecular weight is 395 g/mol. The van der Waals surface area contributed by atoms with Gasteiger partial charge in [-0.25, -0.2) is 9.97 Å². The van der Waals surface area contributed by atoms with Gasteiger partial charge in [-0.15, -0.1) is 0 Å². The van der Waals surface area contributed by atoms with Crippen molar-refractivity contribution in [2.24, 2.45) is 0 Å². The van der Waals surface area contributed by atoms with Crippen molar-refractivity contribution in [3.8, 4) is 0 Å². The van der Waals surface area contributed by atoms with E-state index in [1.54, 1.807) is 12.1 Å². The number of carbonyl (C=O) groups is 1. The molecule has 0 atom stereocenters. The molecule has 6 nitrogen and oxygen atoms in total. The lowest BCUT2D eigenvalue weighted by molar-refractivity contribution is -0.115. The predicted molar refractivity (Wildman–Crippen MR) is 112 cm³/mol. The van der Waals surface area contributed by atoms with Crippen molar-refractivity contribution in [3.63, 3.8) is 0 Å². The molecule has 1 amide bonds. The fraction of sp³-hybridized carbons (Fsp3) is 0.190. The number of hydrogen-bond acceptors (Lipinski definition) is 5. The van der Waals surface area contributed by atoms with Crippen LogP contribution in [0.25, 0.3) is 22.1 Å². The van der Waals surface area contributed by atoms with E-state index in [2.05, 4.69) is 15.3 Å². The summed E-state index contributed by atoms with van der Waals surface area (Å²) in [5.74, 6) is 0.441. The van der Waals surface area contributed by atoms with Crippen LogP contribution < -0.4 is 10.2 Å². The Morgan fingerprint density at radius 2 is 2.04 bits per heavy atom. The van der Waals surface area contributed by atoms with Crippen molar-refractivity contribution in [1.29, 1.82) is 0 Å². The van der Waals surface area contributed by atoms with Crippen LogP contribution in [0.15, 0.2) is 53.2 Å². The van der Waals surface area contributed by atoms with Gasteiger partial charge >= 0.3 is 0 Å². The summed E-state index contributed by atoms with van der Waals surface area (Å²) in [6, 6.07) is 13.1. The van der Waals surface area contributed by atoms with E-state index in [9.17, 15) is 4.79 Å². The molecular formula is C21H19ClN4O2. The molecule has 1 N–H and O–H groups in total. The number of halogens is 1. The standard InChI is InChI=1S/C21H19ClN4O2/c1-3-26(11-18(27)25-16-10-14(22)9-8-13(16)2)21-20-19(23-12-24-21)15-6-4-5-7-17(15)28-20/h4-10,12H,3,11H2,1-2H3,(H,25,27). The molecule has 0 aliphatic carbocycles. The first kappa shape index (κ1) is 18.3. The van der Waals surface area contributed by atoms with Crippen LogP contribution in [0.3, 0.4) is 0 Å². The monoisotopic (exact) mass is 394 g/mol. The minimum atomic E-state index is -0.157. The van der Waals surface area contributed by atoms with Gasteiger partial charge in [-0.1, -0.05) is 29.8 Å². The van der Waals surface area contributed by atoms with E-state index in [0.717, 1.165) is 22.0 Å². The lowest BCUT2D eigenvalue weighted by Crippen LogP contribution is -2.34. The third-order valence-electron chi connectivity index (χ3n) is 4.63. The molecule has 4 rings (SSSR count). The number of fused-ring (bicyclic) bond motifs is 3. The van der Waals surface area contributed by atoms with E-state index in [1.807, 2.05) is 49.1 Å². The maximum absolute atomic E-state index is 12.7. The molecule has 4 aromatic rings. The van der Waals surface area contributed by atoms with E-state index in [4.69, 9.17) is 16.0 Å². The van der Waals surface area contributed by atoms with Crippen LogP contribution in [0.4, 0.5) is 11.5 Å². The lowest BCUT2D eigenvalue weighted by Gasteiger charge is -2.21. The van der Waals surface area contributed by atoms with Gasteiger partial charge in [0.15, 0.2) is 11.4 Å². The van der Waals surface area contributed by atoms with Gasteiger partial charge in [-0.3, -0.25) is 4.79 Å². The first-order valence-electron chi connectivity index (χ1n) is 9.00. The minimum Gasteiger partial charge on any atom is -0.450 e. The first-order valence-corrected chi connectivity index (χ1v) is 9.38. The molecule has 0 unspecified atom stereocenters. The number of furan rings is 1. The minimum absolute atomic E-state index is 0.131. The van der Waals surface area contributed by atoms with Gasteiger partial charge < -0.3 is 14.6 Å². The summed E-state index contributed by atoms with van der Waals surface area (Å²) in [5, 5.41) is 4.43. The Bertz CT molecular complexity index is 1170. The normalized spacial score (nSPS) is 11.1. The molecule has 0 spiro atoms. The van der Waals surface area contributed by atoms with Crippen molar-refractivity contribution in [2.75, 3.05) is 23.3 Å². The number of benzene rings is 2. The number of carbonyl (C=O) groups excluding carboxylic acids is 1. The van der Waals surface area contributed by atoms with E-state index in [0.29, 0.717) is 28.7 Å². The molecule has 7 heteroatoms. The zero-order chi connectivity index (χ0) is 19.7. The number of hydrogen-bond donors (Lipinski definition) is 1. The first-order chi connectivity index (χ1) is 13.6. The van der Waals surface area contributed by atoms with Crippen molar-refractivity contribution in [1.82, 2.24) is 9.97 Å². The fourth-order valence-electron chi connectivity index (χ4n) is 3.17. The number of nitrogens with zero attached hydrogens (tertiary/aromatic N) is 3. The Labute approximate surface area is 167 Å². The van der Waals surface area contributed by atoms with Crippen molar-refractivity contribution in [3.05, 3.63) is 59.4 Å². The highest BCUT2D eigenvalue weighted by molar-refractivity contribution is 6.31. The van der Waals surface area contributed by atoms with Crippen LogP contribution in [0.1, 0.15) is 12.5 Å². The van der Waals surface area contributed by atoms with Crippen molar-refractivity contribution < 1.29 is 9.21 Å². The highest BCUT2D eigenvalue weighted by Crippen LogP contribution is 2.32. The summed E-state index contributed by atoms with van der Waals surface area (Å²) in [5.41, 5.74) is 3.71. The Hall–Kier alpha value is -3.12. The van der Waals surface area contributed by atoms with Crippen LogP contribution >= 0.6 is 11.6 Å². The third kappa shape index (κ3) is 3.39. The molecule has 2 aromatic heterocycles. The van der Waals surface area contributed by atoms with Gasteiger partial charge in [-0.2, -0.15) is 0 Å². The number of amides is 1.